The first-order valence-electron chi connectivity index (χ1n) is 13.3. The number of nitrogens with one attached hydrogen (secondary N) is 1. The molecule has 4 aromatic rings. The molecule has 1 N–H and O–H groups in total. The highest BCUT2D eigenvalue weighted by molar-refractivity contribution is 5.98. The molecule has 1 aromatic heterocycles. The first kappa shape index (κ1) is 27.0. The van der Waals surface area contributed by atoms with E-state index >= 15 is 0 Å². The molecule has 0 unspecified atom stereocenters. The van der Waals surface area contributed by atoms with Crippen molar-refractivity contribution >= 4 is 17.6 Å². The van der Waals surface area contributed by atoms with Gasteiger partial charge in [0.15, 0.2) is 0 Å². The van der Waals surface area contributed by atoms with E-state index in [2.05, 4.69) is 5.32 Å². The number of nitrogens with zero attached hydrogens (tertiary/aromatic N) is 3. The fourth-order valence-corrected chi connectivity index (χ4v) is 5.10. The summed E-state index contributed by atoms with van der Waals surface area (Å²) in [5.41, 5.74) is 6.00. The van der Waals surface area contributed by atoms with Gasteiger partial charge in [0.1, 0.15) is 11.6 Å². The molecule has 40 heavy (non-hydrogen) atoms. The van der Waals surface area contributed by atoms with Crippen molar-refractivity contribution in [3.8, 4) is 22.7 Å². The summed E-state index contributed by atoms with van der Waals surface area (Å²) < 4.78 is 22.1. The molecular formula is C32H33FN4O3. The Balaban J connectivity index is 1.38. The van der Waals surface area contributed by atoms with Crippen molar-refractivity contribution < 1.29 is 18.7 Å². The lowest BCUT2D eigenvalue weighted by atomic mass is 10.1. The third kappa shape index (κ3) is 5.17. The number of amides is 3. The van der Waals surface area contributed by atoms with Crippen LogP contribution in [0.4, 0.5) is 14.9 Å². The second-order valence-corrected chi connectivity index (χ2v) is 10.0. The van der Waals surface area contributed by atoms with E-state index < -0.39 is 0 Å². The average molecular weight is 541 g/mol. The Hall–Kier alpha value is -4.59. The Bertz CT molecular complexity index is 1550. The first-order valence-corrected chi connectivity index (χ1v) is 13.3. The zero-order chi connectivity index (χ0) is 28.4. The number of benzene rings is 3. The van der Waals surface area contributed by atoms with Gasteiger partial charge in [-0.1, -0.05) is 24.3 Å². The van der Waals surface area contributed by atoms with Crippen LogP contribution in [0.5, 0.6) is 5.75 Å². The average Bonchev–Trinajstić information content (AvgIpc) is 3.32. The largest absolute Gasteiger partial charge is 0.497 e. The summed E-state index contributed by atoms with van der Waals surface area (Å²) in [6.45, 7) is 7.47. The van der Waals surface area contributed by atoms with Gasteiger partial charge in [-0.25, -0.2) is 9.18 Å². The zero-order valence-corrected chi connectivity index (χ0v) is 23.2. The number of rotatable bonds is 5. The summed E-state index contributed by atoms with van der Waals surface area (Å²) in [4.78, 5) is 30.2. The van der Waals surface area contributed by atoms with Crippen molar-refractivity contribution in [2.24, 2.45) is 0 Å². The maximum Gasteiger partial charge on any atom is 0.321 e. The molecule has 3 aromatic carbocycles. The summed E-state index contributed by atoms with van der Waals surface area (Å²) in [5.74, 6) is 0.190. The number of piperazine rings is 1. The predicted octanol–water partition coefficient (Wildman–Crippen LogP) is 6.21. The molecule has 0 bridgehead atoms. The smallest absolute Gasteiger partial charge is 0.321 e. The normalized spacial score (nSPS) is 13.3. The lowest BCUT2D eigenvalue weighted by molar-refractivity contribution is 0.0671. The number of carbonyl (C=O) groups excluding carboxylic acids is 2. The Morgan fingerprint density at radius 1 is 0.850 bits per heavy atom. The molecule has 8 heteroatoms. The van der Waals surface area contributed by atoms with E-state index in [4.69, 9.17) is 4.74 Å². The molecule has 2 heterocycles. The minimum Gasteiger partial charge on any atom is -0.497 e. The summed E-state index contributed by atoms with van der Waals surface area (Å²) in [5, 5.41) is 3.00. The molecule has 3 amide bonds. The van der Waals surface area contributed by atoms with Crippen LogP contribution in [-0.2, 0) is 0 Å². The van der Waals surface area contributed by atoms with E-state index in [9.17, 15) is 14.0 Å². The Morgan fingerprint density at radius 2 is 1.52 bits per heavy atom. The molecule has 0 atom stereocenters. The number of halogens is 1. The predicted molar refractivity (Wildman–Crippen MR) is 155 cm³/mol. The quantitative estimate of drug-likeness (QED) is 0.327. The molecule has 0 radical (unpaired) electrons. The van der Waals surface area contributed by atoms with Crippen molar-refractivity contribution in [2.75, 3.05) is 38.6 Å². The van der Waals surface area contributed by atoms with Crippen LogP contribution >= 0.6 is 0 Å². The highest BCUT2D eigenvalue weighted by Crippen LogP contribution is 2.32. The zero-order valence-electron chi connectivity index (χ0n) is 23.2. The van der Waals surface area contributed by atoms with Crippen LogP contribution in [0.15, 0.2) is 72.8 Å². The maximum absolute atomic E-state index is 15.0. The number of hydrogen-bond donors (Lipinski definition) is 1. The van der Waals surface area contributed by atoms with E-state index in [1.54, 1.807) is 39.7 Å². The monoisotopic (exact) mass is 540 g/mol. The van der Waals surface area contributed by atoms with E-state index in [0.717, 1.165) is 22.4 Å². The highest BCUT2D eigenvalue weighted by atomic mass is 19.1. The van der Waals surface area contributed by atoms with Crippen molar-refractivity contribution in [1.82, 2.24) is 14.4 Å². The second kappa shape index (κ2) is 11.3. The summed E-state index contributed by atoms with van der Waals surface area (Å²) >= 11 is 0. The molecule has 0 saturated carbocycles. The van der Waals surface area contributed by atoms with Crippen LogP contribution in [0, 0.1) is 26.6 Å². The summed E-state index contributed by atoms with van der Waals surface area (Å²) in [6.07, 6.45) is 0. The maximum atomic E-state index is 15.0. The number of anilines is 1. The Kier molecular flexibility index (Phi) is 7.60. The van der Waals surface area contributed by atoms with Crippen molar-refractivity contribution in [1.29, 1.82) is 0 Å². The van der Waals surface area contributed by atoms with Crippen LogP contribution in [0.1, 0.15) is 27.2 Å². The lowest BCUT2D eigenvalue weighted by Gasteiger charge is -2.35. The van der Waals surface area contributed by atoms with Crippen molar-refractivity contribution in [2.45, 2.75) is 20.8 Å². The molecule has 5 rings (SSSR count). The van der Waals surface area contributed by atoms with Gasteiger partial charge in [0.05, 0.1) is 24.1 Å². The number of methoxy groups -OCH3 is 1. The third-order valence-corrected chi connectivity index (χ3v) is 7.66. The second-order valence-electron chi connectivity index (χ2n) is 10.0. The number of hydrogen-bond acceptors (Lipinski definition) is 3. The molecule has 1 fully saturated rings. The van der Waals surface area contributed by atoms with E-state index in [-0.39, 0.29) is 17.8 Å². The van der Waals surface area contributed by atoms with E-state index in [1.807, 2.05) is 69.3 Å². The molecule has 1 aliphatic heterocycles. The molecule has 0 aliphatic carbocycles. The highest BCUT2D eigenvalue weighted by Gasteiger charge is 2.29. The molecule has 1 aliphatic rings. The van der Waals surface area contributed by atoms with Gasteiger partial charge in [-0.05, 0) is 86.0 Å². The molecule has 206 valence electrons. The van der Waals surface area contributed by atoms with Crippen molar-refractivity contribution in [3.63, 3.8) is 0 Å². The topological polar surface area (TPSA) is 66.8 Å². The standard InChI is InChI=1S/C32H33FN4O3/c1-21-8-7-10-28(22(21)2)34-32(39)36-18-16-35(17-19-36)31(38)26-20-30(24-12-14-25(40-4)15-13-24)37(23(26)3)29-11-6-5-9-27(29)33/h5-15,20H,16-19H2,1-4H3,(H,34,39). The minimum atomic E-state index is -0.376. The number of urea groups is 1. The van der Waals surface area contributed by atoms with Gasteiger partial charge in [-0.2, -0.15) is 0 Å². The molecule has 7 nitrogen and oxygen atoms in total. The Morgan fingerprint density at radius 3 is 2.20 bits per heavy atom. The number of carbonyl (C=O) groups is 2. The van der Waals surface area contributed by atoms with Crippen LogP contribution < -0.4 is 10.1 Å². The number of aromatic nitrogens is 1. The number of ether oxygens (including phenoxy) is 1. The van der Waals surface area contributed by atoms with Gasteiger partial charge in [-0.3, -0.25) is 4.79 Å². The van der Waals surface area contributed by atoms with Crippen LogP contribution in [-0.4, -0.2) is 59.6 Å². The SMILES string of the molecule is COc1ccc(-c2cc(C(=O)N3CCN(C(=O)Nc4cccc(C)c4C)CC3)c(C)n2-c2ccccc2F)cc1. The van der Waals surface area contributed by atoms with E-state index in [0.29, 0.717) is 54.6 Å². The van der Waals surface area contributed by atoms with Gasteiger partial charge in [0.25, 0.3) is 5.91 Å². The van der Waals surface area contributed by atoms with Crippen LogP contribution in [0.3, 0.4) is 0 Å². The number of aryl methyl sites for hydroxylation is 1. The summed E-state index contributed by atoms with van der Waals surface area (Å²) in [7, 11) is 1.60. The first-order chi connectivity index (χ1) is 19.3. The van der Waals surface area contributed by atoms with Crippen LogP contribution in [0.2, 0.25) is 0 Å². The van der Waals surface area contributed by atoms with Crippen LogP contribution in [0.25, 0.3) is 16.9 Å². The molecule has 1 saturated heterocycles. The molecular weight excluding hydrogens is 507 g/mol. The number of para-hydroxylation sites is 1. The summed E-state index contributed by atoms with van der Waals surface area (Å²) in [6, 6.07) is 21.5. The van der Waals surface area contributed by atoms with Gasteiger partial charge < -0.3 is 24.4 Å². The Labute approximate surface area is 233 Å². The van der Waals surface area contributed by atoms with Gasteiger partial charge >= 0.3 is 6.03 Å². The van der Waals surface area contributed by atoms with E-state index in [1.165, 1.54) is 6.07 Å². The third-order valence-electron chi connectivity index (χ3n) is 7.66. The van der Waals surface area contributed by atoms with Crippen molar-refractivity contribution in [3.05, 3.63) is 101 Å². The fourth-order valence-electron chi connectivity index (χ4n) is 5.10. The van der Waals surface area contributed by atoms with Gasteiger partial charge in [0.2, 0.25) is 0 Å². The van der Waals surface area contributed by atoms with Gasteiger partial charge in [-0.15, -0.1) is 0 Å². The minimum absolute atomic E-state index is 0.142. The fraction of sp³-hybridized carbons (Fsp3) is 0.250. The molecule has 0 spiro atoms. The lowest BCUT2D eigenvalue weighted by Crippen LogP contribution is -2.51. The van der Waals surface area contributed by atoms with Gasteiger partial charge in [0, 0.05) is 37.6 Å².